The van der Waals surface area contributed by atoms with Gasteiger partial charge in [-0.25, -0.2) is 0 Å². The molecule has 3 heteroatoms. The third-order valence-corrected chi connectivity index (χ3v) is 1.37. The van der Waals surface area contributed by atoms with Crippen molar-refractivity contribution in [2.75, 3.05) is 14.2 Å². The molecule has 0 N–H and O–H groups in total. The summed E-state index contributed by atoms with van der Waals surface area (Å²) in [6, 6.07) is 0. The zero-order chi connectivity index (χ0) is 8.85. The van der Waals surface area contributed by atoms with Crippen LogP contribution in [0, 0.1) is 0 Å². The maximum absolute atomic E-state index is 10.7. The monoisotopic (exact) mass is 157 g/mol. The molecule has 0 aromatic rings. The Morgan fingerprint density at radius 3 is 2.27 bits per heavy atom. The fourth-order valence-corrected chi connectivity index (χ4v) is 0.773. The van der Waals surface area contributed by atoms with Crippen LogP contribution in [0.25, 0.3) is 0 Å². The number of nitrogens with zero attached hydrogens (tertiary/aromatic N) is 1. The molecular formula is C8H15NO2. The molecule has 64 valence electrons. The molecule has 0 aliphatic carbocycles. The Balaban J connectivity index is 0.000000461. The van der Waals surface area contributed by atoms with Crippen LogP contribution in [0.2, 0.25) is 0 Å². The molecule has 1 amide bonds. The van der Waals surface area contributed by atoms with Crippen molar-refractivity contribution in [3.05, 3.63) is 12.2 Å². The molecule has 0 fully saturated rings. The van der Waals surface area contributed by atoms with Gasteiger partial charge < -0.3 is 9.64 Å². The van der Waals surface area contributed by atoms with Crippen molar-refractivity contribution in [3.8, 4) is 0 Å². The fourth-order valence-electron chi connectivity index (χ4n) is 0.773. The van der Waals surface area contributed by atoms with Gasteiger partial charge in [-0.1, -0.05) is 13.8 Å². The first kappa shape index (κ1) is 10.2. The number of ether oxygens (including phenoxy) is 1. The summed E-state index contributed by atoms with van der Waals surface area (Å²) >= 11 is 0. The molecule has 1 heterocycles. The summed E-state index contributed by atoms with van der Waals surface area (Å²) in [7, 11) is 3.28. The maximum Gasteiger partial charge on any atom is 0.248 e. The van der Waals surface area contributed by atoms with E-state index in [9.17, 15) is 4.79 Å². The van der Waals surface area contributed by atoms with E-state index in [0.29, 0.717) is 0 Å². The molecular weight excluding hydrogens is 142 g/mol. The van der Waals surface area contributed by atoms with Gasteiger partial charge in [0.15, 0.2) is 6.23 Å². The van der Waals surface area contributed by atoms with Crippen molar-refractivity contribution in [2.24, 2.45) is 0 Å². The minimum absolute atomic E-state index is 0.00171. The average Bonchev–Trinajstić information content (AvgIpc) is 2.37. The third kappa shape index (κ3) is 2.35. The number of likely N-dealkylation sites (N-methyl/N-ethyl adjacent to an activating group) is 1. The number of carbonyl (C=O) groups excluding carboxylic acids is 1. The largest absolute Gasteiger partial charge is 0.358 e. The predicted molar refractivity (Wildman–Crippen MR) is 44.1 cm³/mol. The number of methoxy groups -OCH3 is 1. The van der Waals surface area contributed by atoms with Gasteiger partial charge in [-0.15, -0.1) is 0 Å². The molecule has 0 bridgehead atoms. The Bertz CT molecular complexity index is 154. The average molecular weight is 157 g/mol. The zero-order valence-corrected chi connectivity index (χ0v) is 7.50. The second kappa shape index (κ2) is 4.91. The molecule has 1 atom stereocenters. The SMILES string of the molecule is CC.COC1C=CC(=O)N1C. The lowest BCUT2D eigenvalue weighted by atomic mass is 10.5. The van der Waals surface area contributed by atoms with Crippen LogP contribution < -0.4 is 0 Å². The number of hydrogen-bond donors (Lipinski definition) is 0. The third-order valence-electron chi connectivity index (χ3n) is 1.37. The van der Waals surface area contributed by atoms with Gasteiger partial charge in [-0.3, -0.25) is 4.79 Å². The van der Waals surface area contributed by atoms with Crippen LogP contribution in [0.5, 0.6) is 0 Å². The van der Waals surface area contributed by atoms with E-state index < -0.39 is 0 Å². The molecule has 0 saturated heterocycles. The Labute approximate surface area is 67.6 Å². The molecule has 0 aromatic heterocycles. The molecule has 0 aromatic carbocycles. The normalized spacial score (nSPS) is 21.6. The number of rotatable bonds is 1. The lowest BCUT2D eigenvalue weighted by Gasteiger charge is -2.16. The highest BCUT2D eigenvalue weighted by atomic mass is 16.5. The van der Waals surface area contributed by atoms with E-state index in [0.717, 1.165) is 0 Å². The van der Waals surface area contributed by atoms with Gasteiger partial charge in [0.25, 0.3) is 0 Å². The highest BCUT2D eigenvalue weighted by molar-refractivity contribution is 5.90. The van der Waals surface area contributed by atoms with Gasteiger partial charge in [0.1, 0.15) is 0 Å². The minimum atomic E-state index is -0.155. The van der Waals surface area contributed by atoms with Crippen molar-refractivity contribution in [1.29, 1.82) is 0 Å². The lowest BCUT2D eigenvalue weighted by Crippen LogP contribution is -2.30. The molecule has 11 heavy (non-hydrogen) atoms. The highest BCUT2D eigenvalue weighted by Crippen LogP contribution is 2.07. The summed E-state index contributed by atoms with van der Waals surface area (Å²) in [6.45, 7) is 4.00. The zero-order valence-electron chi connectivity index (χ0n) is 7.50. The second-order valence-corrected chi connectivity index (χ2v) is 1.93. The summed E-state index contributed by atoms with van der Waals surface area (Å²) in [4.78, 5) is 12.2. The Hall–Kier alpha value is -0.830. The van der Waals surface area contributed by atoms with Gasteiger partial charge in [-0.2, -0.15) is 0 Å². The van der Waals surface area contributed by atoms with Gasteiger partial charge in [-0.05, 0) is 6.08 Å². The van der Waals surface area contributed by atoms with Gasteiger partial charge >= 0.3 is 0 Å². The van der Waals surface area contributed by atoms with Crippen LogP contribution in [0.1, 0.15) is 13.8 Å². The first-order valence-corrected chi connectivity index (χ1v) is 3.73. The van der Waals surface area contributed by atoms with E-state index in [1.54, 1.807) is 20.2 Å². The molecule has 0 spiro atoms. The van der Waals surface area contributed by atoms with Crippen molar-refractivity contribution in [3.63, 3.8) is 0 Å². The van der Waals surface area contributed by atoms with Crippen LogP contribution in [0.15, 0.2) is 12.2 Å². The number of carbonyl (C=O) groups is 1. The Kier molecular flexibility index (Phi) is 4.54. The molecule has 1 unspecified atom stereocenters. The molecule has 0 radical (unpaired) electrons. The Morgan fingerprint density at radius 1 is 1.55 bits per heavy atom. The quantitative estimate of drug-likeness (QED) is 0.568. The van der Waals surface area contributed by atoms with Crippen molar-refractivity contribution >= 4 is 5.91 Å². The van der Waals surface area contributed by atoms with Crippen molar-refractivity contribution in [1.82, 2.24) is 4.90 Å². The van der Waals surface area contributed by atoms with Crippen LogP contribution in [-0.2, 0) is 9.53 Å². The molecule has 1 rings (SSSR count). The summed E-state index contributed by atoms with van der Waals surface area (Å²) < 4.78 is 4.91. The van der Waals surface area contributed by atoms with E-state index in [1.165, 1.54) is 11.0 Å². The smallest absolute Gasteiger partial charge is 0.248 e. The lowest BCUT2D eigenvalue weighted by molar-refractivity contribution is -0.130. The molecule has 0 saturated carbocycles. The molecule has 1 aliphatic rings. The van der Waals surface area contributed by atoms with Crippen LogP contribution in [-0.4, -0.2) is 31.2 Å². The van der Waals surface area contributed by atoms with Gasteiger partial charge in [0.2, 0.25) is 5.91 Å². The van der Waals surface area contributed by atoms with Crippen LogP contribution in [0.4, 0.5) is 0 Å². The summed E-state index contributed by atoms with van der Waals surface area (Å²) in [6.07, 6.45) is 3.08. The van der Waals surface area contributed by atoms with Crippen molar-refractivity contribution < 1.29 is 9.53 Å². The van der Waals surface area contributed by atoms with Crippen LogP contribution in [0.3, 0.4) is 0 Å². The van der Waals surface area contributed by atoms with E-state index in [1.807, 2.05) is 13.8 Å². The summed E-state index contributed by atoms with van der Waals surface area (Å²) in [5, 5.41) is 0. The van der Waals surface area contributed by atoms with E-state index >= 15 is 0 Å². The second-order valence-electron chi connectivity index (χ2n) is 1.93. The first-order chi connectivity index (χ1) is 5.25. The van der Waals surface area contributed by atoms with Crippen molar-refractivity contribution in [2.45, 2.75) is 20.1 Å². The maximum atomic E-state index is 10.7. The van der Waals surface area contributed by atoms with Gasteiger partial charge in [0, 0.05) is 20.2 Å². The Morgan fingerprint density at radius 2 is 2.09 bits per heavy atom. The first-order valence-electron chi connectivity index (χ1n) is 3.73. The predicted octanol–water partition coefficient (Wildman–Crippen LogP) is 1.01. The minimum Gasteiger partial charge on any atom is -0.358 e. The van der Waals surface area contributed by atoms with Gasteiger partial charge in [0.05, 0.1) is 0 Å². The molecule has 3 nitrogen and oxygen atoms in total. The highest BCUT2D eigenvalue weighted by Gasteiger charge is 2.20. The van der Waals surface area contributed by atoms with E-state index in [2.05, 4.69) is 0 Å². The van der Waals surface area contributed by atoms with E-state index in [-0.39, 0.29) is 12.1 Å². The van der Waals surface area contributed by atoms with E-state index in [4.69, 9.17) is 4.74 Å². The molecule has 1 aliphatic heterocycles. The topological polar surface area (TPSA) is 29.5 Å². The standard InChI is InChI=1S/C6H9NO2.C2H6/c1-7-5(8)3-4-6(7)9-2;1-2/h3-4,6H,1-2H3;1-2H3. The van der Waals surface area contributed by atoms with Crippen LogP contribution >= 0.6 is 0 Å². The number of hydrogen-bond acceptors (Lipinski definition) is 2. The fraction of sp³-hybridized carbons (Fsp3) is 0.625. The number of amides is 1. The summed E-state index contributed by atoms with van der Waals surface area (Å²) in [5.41, 5.74) is 0. The summed E-state index contributed by atoms with van der Waals surface area (Å²) in [5.74, 6) is 0.00171.